The first-order valence-corrected chi connectivity index (χ1v) is 12.7. The van der Waals surface area contributed by atoms with Gasteiger partial charge in [-0.15, -0.1) is 10.2 Å². The molecule has 0 saturated carbocycles. The van der Waals surface area contributed by atoms with Crippen molar-refractivity contribution in [1.82, 2.24) is 14.8 Å². The second-order valence-corrected chi connectivity index (χ2v) is 9.28. The summed E-state index contributed by atoms with van der Waals surface area (Å²) in [6.07, 6.45) is -4.46. The number of thioether (sulfide) groups is 1. The topological polar surface area (TPSA) is 98.1 Å². The van der Waals surface area contributed by atoms with Crippen LogP contribution in [0.2, 0.25) is 0 Å². The number of benzene rings is 3. The van der Waals surface area contributed by atoms with E-state index in [2.05, 4.69) is 20.8 Å². The average molecular weight is 556 g/mol. The molecule has 202 valence electrons. The number of rotatable bonds is 10. The molecule has 39 heavy (non-hydrogen) atoms. The van der Waals surface area contributed by atoms with Crippen LogP contribution in [0.1, 0.15) is 28.7 Å². The van der Waals surface area contributed by atoms with Crippen LogP contribution < -0.4 is 15.4 Å². The van der Waals surface area contributed by atoms with Crippen LogP contribution in [0.3, 0.4) is 0 Å². The summed E-state index contributed by atoms with van der Waals surface area (Å²) in [5, 5.41) is 14.6. The van der Waals surface area contributed by atoms with Gasteiger partial charge in [-0.2, -0.15) is 13.2 Å². The van der Waals surface area contributed by atoms with Gasteiger partial charge in [0.15, 0.2) is 16.8 Å². The van der Waals surface area contributed by atoms with Crippen molar-refractivity contribution < 1.29 is 27.5 Å². The summed E-state index contributed by atoms with van der Waals surface area (Å²) < 4.78 is 46.3. The van der Waals surface area contributed by atoms with Gasteiger partial charge in [-0.1, -0.05) is 30.0 Å². The fourth-order valence-electron chi connectivity index (χ4n) is 3.63. The third kappa shape index (κ3) is 7.17. The number of carbonyl (C=O) groups excluding carboxylic acids is 2. The summed E-state index contributed by atoms with van der Waals surface area (Å²) in [6.45, 7) is 1.52. The van der Waals surface area contributed by atoms with E-state index in [9.17, 15) is 22.8 Å². The van der Waals surface area contributed by atoms with E-state index in [0.29, 0.717) is 33.7 Å². The second kappa shape index (κ2) is 12.0. The standard InChI is InChI=1S/C27H24F3N5O3S/c1-17(36)18-5-3-8-21(13-18)32-25(37)16-39-26-34-33-24(35(26)22-9-11-23(38-2)12-10-22)15-31-20-7-4-6-19(14-20)27(28,29)30/h3-14,31H,15-16H2,1-2H3,(H,32,37). The third-order valence-electron chi connectivity index (χ3n) is 5.56. The summed E-state index contributed by atoms with van der Waals surface area (Å²) >= 11 is 1.14. The predicted octanol–water partition coefficient (Wildman–Crippen LogP) is 5.84. The lowest BCUT2D eigenvalue weighted by Gasteiger charge is -2.13. The van der Waals surface area contributed by atoms with Gasteiger partial charge in [0.25, 0.3) is 0 Å². The van der Waals surface area contributed by atoms with Crippen LogP contribution in [0.25, 0.3) is 5.69 Å². The van der Waals surface area contributed by atoms with Crippen LogP contribution >= 0.6 is 11.8 Å². The monoisotopic (exact) mass is 555 g/mol. The van der Waals surface area contributed by atoms with Crippen LogP contribution in [-0.2, 0) is 17.5 Å². The smallest absolute Gasteiger partial charge is 0.416 e. The van der Waals surface area contributed by atoms with E-state index in [4.69, 9.17) is 4.74 Å². The van der Waals surface area contributed by atoms with Crippen molar-refractivity contribution in [3.8, 4) is 11.4 Å². The number of hydrogen-bond donors (Lipinski definition) is 2. The molecule has 1 heterocycles. The Bertz CT molecular complexity index is 1470. The second-order valence-electron chi connectivity index (χ2n) is 8.34. The van der Waals surface area contributed by atoms with Crippen LogP contribution in [0.4, 0.5) is 24.5 Å². The Morgan fingerprint density at radius 3 is 2.38 bits per heavy atom. The van der Waals surface area contributed by atoms with Crippen LogP contribution in [0, 0.1) is 0 Å². The van der Waals surface area contributed by atoms with Crippen molar-refractivity contribution in [2.75, 3.05) is 23.5 Å². The Hall–Kier alpha value is -4.32. The molecule has 0 aliphatic heterocycles. The van der Waals surface area contributed by atoms with E-state index >= 15 is 0 Å². The maximum atomic E-state index is 13.1. The minimum Gasteiger partial charge on any atom is -0.497 e. The number of ether oxygens (including phenoxy) is 1. The average Bonchev–Trinajstić information content (AvgIpc) is 3.33. The molecule has 0 radical (unpaired) electrons. The van der Waals surface area contributed by atoms with Crippen molar-refractivity contribution in [1.29, 1.82) is 0 Å². The van der Waals surface area contributed by atoms with Gasteiger partial charge in [-0.3, -0.25) is 14.2 Å². The number of alkyl halides is 3. The fourth-order valence-corrected chi connectivity index (χ4v) is 4.40. The molecule has 0 bridgehead atoms. The van der Waals surface area contributed by atoms with Gasteiger partial charge in [-0.05, 0) is 61.5 Å². The number of anilines is 2. The van der Waals surface area contributed by atoms with Gasteiger partial charge in [0.2, 0.25) is 5.91 Å². The Balaban J connectivity index is 1.53. The SMILES string of the molecule is COc1ccc(-n2c(CNc3cccc(C(F)(F)F)c3)nnc2SCC(=O)Nc2cccc(C(C)=O)c2)cc1. The number of aromatic nitrogens is 3. The van der Waals surface area contributed by atoms with Crippen molar-refractivity contribution in [3.63, 3.8) is 0 Å². The maximum Gasteiger partial charge on any atom is 0.416 e. The lowest BCUT2D eigenvalue weighted by molar-refractivity contribution is -0.137. The van der Waals surface area contributed by atoms with Gasteiger partial charge in [-0.25, -0.2) is 0 Å². The molecule has 1 aromatic heterocycles. The van der Waals surface area contributed by atoms with E-state index < -0.39 is 11.7 Å². The largest absolute Gasteiger partial charge is 0.497 e. The highest BCUT2D eigenvalue weighted by atomic mass is 32.2. The molecule has 4 aromatic rings. The van der Waals surface area contributed by atoms with E-state index in [1.54, 1.807) is 60.2 Å². The summed E-state index contributed by atoms with van der Waals surface area (Å²) in [5.41, 5.74) is 1.17. The molecule has 1 amide bonds. The molecule has 0 fully saturated rings. The quantitative estimate of drug-likeness (QED) is 0.187. The normalized spacial score (nSPS) is 11.2. The van der Waals surface area contributed by atoms with Gasteiger partial charge in [0.1, 0.15) is 5.75 Å². The molecule has 0 aliphatic carbocycles. The number of nitrogens with one attached hydrogen (secondary N) is 2. The summed E-state index contributed by atoms with van der Waals surface area (Å²) in [7, 11) is 1.55. The van der Waals surface area contributed by atoms with Crippen LogP contribution in [0.15, 0.2) is 78.0 Å². The molecule has 8 nitrogen and oxygen atoms in total. The number of Topliss-reactive ketones (excluding diaryl/α,β-unsaturated/α-hetero) is 1. The van der Waals surface area contributed by atoms with Gasteiger partial charge >= 0.3 is 6.18 Å². The molecule has 2 N–H and O–H groups in total. The predicted molar refractivity (Wildman–Crippen MR) is 142 cm³/mol. The zero-order valence-electron chi connectivity index (χ0n) is 21.0. The molecule has 0 atom stereocenters. The van der Waals surface area contributed by atoms with Crippen LogP contribution in [-0.4, -0.2) is 39.3 Å². The molecule has 0 aliphatic rings. The number of halogens is 3. The first kappa shape index (κ1) is 27.7. The highest BCUT2D eigenvalue weighted by molar-refractivity contribution is 7.99. The zero-order chi connectivity index (χ0) is 28.0. The molecule has 0 unspecified atom stereocenters. The van der Waals surface area contributed by atoms with Crippen molar-refractivity contribution in [3.05, 3.63) is 89.7 Å². The Kier molecular flexibility index (Phi) is 8.55. The molecular formula is C27H24F3N5O3S. The maximum absolute atomic E-state index is 13.1. The Morgan fingerprint density at radius 2 is 1.69 bits per heavy atom. The third-order valence-corrected chi connectivity index (χ3v) is 6.49. The van der Waals surface area contributed by atoms with Gasteiger partial charge in [0.05, 0.1) is 25.0 Å². The molecular weight excluding hydrogens is 531 g/mol. The Morgan fingerprint density at radius 1 is 0.974 bits per heavy atom. The fraction of sp³-hybridized carbons (Fsp3) is 0.185. The highest BCUT2D eigenvalue weighted by Gasteiger charge is 2.30. The lowest BCUT2D eigenvalue weighted by atomic mass is 10.1. The van der Waals surface area contributed by atoms with Gasteiger partial charge < -0.3 is 15.4 Å². The summed E-state index contributed by atoms with van der Waals surface area (Å²) in [6, 6.07) is 18.6. The number of amides is 1. The number of hydrogen-bond acceptors (Lipinski definition) is 7. The highest BCUT2D eigenvalue weighted by Crippen LogP contribution is 2.31. The molecule has 12 heteroatoms. The van der Waals surface area contributed by atoms with E-state index in [1.807, 2.05) is 0 Å². The first-order valence-electron chi connectivity index (χ1n) is 11.7. The van der Waals surface area contributed by atoms with Crippen LogP contribution in [0.5, 0.6) is 5.75 Å². The number of methoxy groups -OCH3 is 1. The van der Waals surface area contributed by atoms with E-state index in [1.165, 1.54) is 19.1 Å². The zero-order valence-corrected chi connectivity index (χ0v) is 21.8. The van der Waals surface area contributed by atoms with Crippen molar-refractivity contribution in [2.45, 2.75) is 24.8 Å². The van der Waals surface area contributed by atoms with E-state index in [-0.39, 0.29) is 29.7 Å². The Labute approximate surface area is 226 Å². The minimum absolute atomic E-state index is 0.000354. The van der Waals surface area contributed by atoms with E-state index in [0.717, 1.165) is 23.9 Å². The molecule has 0 spiro atoms. The lowest BCUT2D eigenvalue weighted by Crippen LogP contribution is -2.15. The number of nitrogens with zero attached hydrogens (tertiary/aromatic N) is 3. The number of carbonyl (C=O) groups is 2. The summed E-state index contributed by atoms with van der Waals surface area (Å²) in [5.74, 6) is 0.638. The van der Waals surface area contributed by atoms with Crippen molar-refractivity contribution in [2.24, 2.45) is 0 Å². The minimum atomic E-state index is -4.46. The van der Waals surface area contributed by atoms with Crippen molar-refractivity contribution >= 4 is 34.8 Å². The summed E-state index contributed by atoms with van der Waals surface area (Å²) in [4.78, 5) is 24.2. The van der Waals surface area contributed by atoms with Gasteiger partial charge in [0, 0.05) is 22.6 Å². The number of ketones is 1. The molecule has 0 saturated heterocycles. The first-order chi connectivity index (χ1) is 18.6. The molecule has 3 aromatic carbocycles. The molecule has 4 rings (SSSR count).